The molecule has 1 amide bonds. The number of nitrogens with zero attached hydrogens (tertiary/aromatic N) is 1. The number of hydrogen-bond donors (Lipinski definition) is 0. The van der Waals surface area contributed by atoms with Crippen LogP contribution in [0.3, 0.4) is 0 Å². The summed E-state index contributed by atoms with van der Waals surface area (Å²) in [5, 5.41) is 0. The molecule has 0 aromatic heterocycles. The first kappa shape index (κ1) is 17.2. The second kappa shape index (κ2) is 7.49. The van der Waals surface area contributed by atoms with Crippen molar-refractivity contribution >= 4 is 5.91 Å². The molecule has 0 bridgehead atoms. The molecule has 2 aliphatic heterocycles. The third-order valence-electron chi connectivity index (χ3n) is 5.71. The fourth-order valence-electron chi connectivity index (χ4n) is 4.18. The molecule has 5 nitrogen and oxygen atoms in total. The number of rotatable bonds is 5. The fraction of sp³-hybridized carbons (Fsp3) is 0.944. The minimum atomic E-state index is -0.445. The van der Waals surface area contributed by atoms with Crippen molar-refractivity contribution in [3.63, 3.8) is 0 Å². The SMILES string of the molecule is CC[C@@H](OC1CCCC1)C(=O)N1CCC(C2(C)OCCO2)CC1. The van der Waals surface area contributed by atoms with Crippen molar-refractivity contribution in [1.29, 1.82) is 0 Å². The van der Waals surface area contributed by atoms with Crippen LogP contribution >= 0.6 is 0 Å². The Morgan fingerprint density at radius 2 is 1.78 bits per heavy atom. The van der Waals surface area contributed by atoms with Crippen molar-refractivity contribution in [3.8, 4) is 0 Å². The molecule has 23 heavy (non-hydrogen) atoms. The lowest BCUT2D eigenvalue weighted by atomic mass is 9.89. The van der Waals surface area contributed by atoms with E-state index in [0.29, 0.717) is 25.2 Å². The van der Waals surface area contributed by atoms with Crippen LogP contribution in [0.25, 0.3) is 0 Å². The molecule has 5 heteroatoms. The Kier molecular flexibility index (Phi) is 5.60. The topological polar surface area (TPSA) is 48.0 Å². The highest BCUT2D eigenvalue weighted by Crippen LogP contribution is 2.35. The molecule has 0 radical (unpaired) electrons. The van der Waals surface area contributed by atoms with Crippen LogP contribution < -0.4 is 0 Å². The number of amides is 1. The molecule has 1 atom stereocenters. The number of carbonyl (C=O) groups is 1. The molecule has 0 aromatic rings. The number of likely N-dealkylation sites (tertiary alicyclic amines) is 1. The molecular weight excluding hydrogens is 294 g/mol. The molecule has 3 aliphatic rings. The van der Waals surface area contributed by atoms with Gasteiger partial charge in [-0.25, -0.2) is 0 Å². The highest BCUT2D eigenvalue weighted by atomic mass is 16.7. The summed E-state index contributed by atoms with van der Waals surface area (Å²) >= 11 is 0. The summed E-state index contributed by atoms with van der Waals surface area (Å²) in [7, 11) is 0. The molecule has 0 N–H and O–H groups in total. The fourth-order valence-corrected chi connectivity index (χ4v) is 4.18. The Balaban J connectivity index is 1.50. The van der Waals surface area contributed by atoms with Crippen LogP contribution in [0.4, 0.5) is 0 Å². The summed E-state index contributed by atoms with van der Waals surface area (Å²) in [5.74, 6) is 0.112. The molecule has 0 spiro atoms. The molecule has 3 rings (SSSR count). The van der Waals surface area contributed by atoms with E-state index in [1.807, 2.05) is 18.7 Å². The predicted molar refractivity (Wildman–Crippen MR) is 87.0 cm³/mol. The molecule has 132 valence electrons. The number of ether oxygens (including phenoxy) is 3. The van der Waals surface area contributed by atoms with E-state index in [2.05, 4.69) is 0 Å². The van der Waals surface area contributed by atoms with Gasteiger partial charge in [-0.3, -0.25) is 4.79 Å². The molecule has 2 heterocycles. The van der Waals surface area contributed by atoms with Gasteiger partial charge in [0, 0.05) is 19.0 Å². The first-order valence-corrected chi connectivity index (χ1v) is 9.34. The van der Waals surface area contributed by atoms with Gasteiger partial charge in [-0.2, -0.15) is 0 Å². The first-order chi connectivity index (χ1) is 11.1. The van der Waals surface area contributed by atoms with Crippen LogP contribution in [0, 0.1) is 5.92 Å². The van der Waals surface area contributed by atoms with Crippen molar-refractivity contribution in [1.82, 2.24) is 4.90 Å². The third kappa shape index (κ3) is 3.89. The quantitative estimate of drug-likeness (QED) is 0.780. The molecule has 2 saturated heterocycles. The molecule has 1 aliphatic carbocycles. The smallest absolute Gasteiger partial charge is 0.251 e. The summed E-state index contributed by atoms with van der Waals surface area (Å²) in [5.41, 5.74) is 0. The Bertz CT molecular complexity index is 394. The van der Waals surface area contributed by atoms with E-state index < -0.39 is 5.79 Å². The van der Waals surface area contributed by atoms with Crippen LogP contribution in [0.1, 0.15) is 58.8 Å². The maximum absolute atomic E-state index is 12.8. The zero-order chi connectivity index (χ0) is 16.3. The molecule has 0 unspecified atom stereocenters. The van der Waals surface area contributed by atoms with Gasteiger partial charge in [-0.1, -0.05) is 19.8 Å². The van der Waals surface area contributed by atoms with Gasteiger partial charge < -0.3 is 19.1 Å². The average Bonchev–Trinajstić information content (AvgIpc) is 3.24. The lowest BCUT2D eigenvalue weighted by molar-refractivity contribution is -0.192. The predicted octanol–water partition coefficient (Wildman–Crippen LogP) is 2.73. The van der Waals surface area contributed by atoms with Gasteiger partial charge in [0.15, 0.2) is 5.79 Å². The second-order valence-electron chi connectivity index (χ2n) is 7.25. The number of hydrogen-bond acceptors (Lipinski definition) is 4. The zero-order valence-corrected chi connectivity index (χ0v) is 14.6. The van der Waals surface area contributed by atoms with Crippen molar-refractivity contribution in [3.05, 3.63) is 0 Å². The zero-order valence-electron chi connectivity index (χ0n) is 14.6. The van der Waals surface area contributed by atoms with Gasteiger partial charge in [-0.15, -0.1) is 0 Å². The molecular formula is C18H31NO4. The Labute approximate surface area is 139 Å². The van der Waals surface area contributed by atoms with E-state index in [0.717, 1.165) is 45.2 Å². The summed E-state index contributed by atoms with van der Waals surface area (Å²) < 4.78 is 17.6. The normalized spacial score (nSPS) is 27.5. The van der Waals surface area contributed by atoms with Crippen molar-refractivity contribution in [2.75, 3.05) is 26.3 Å². The maximum atomic E-state index is 12.8. The van der Waals surface area contributed by atoms with E-state index in [4.69, 9.17) is 14.2 Å². The highest BCUT2D eigenvalue weighted by molar-refractivity contribution is 5.81. The van der Waals surface area contributed by atoms with Crippen LogP contribution in [0.2, 0.25) is 0 Å². The van der Waals surface area contributed by atoms with Gasteiger partial charge in [0.05, 0.1) is 19.3 Å². The molecule has 0 aromatic carbocycles. The summed E-state index contributed by atoms with van der Waals surface area (Å²) in [6, 6.07) is 0. The minimum absolute atomic E-state index is 0.177. The third-order valence-corrected chi connectivity index (χ3v) is 5.71. The first-order valence-electron chi connectivity index (χ1n) is 9.34. The van der Waals surface area contributed by atoms with Crippen LogP contribution in [0.15, 0.2) is 0 Å². The van der Waals surface area contributed by atoms with E-state index in [1.54, 1.807) is 0 Å². The van der Waals surface area contributed by atoms with Crippen molar-refractivity contribution < 1.29 is 19.0 Å². The van der Waals surface area contributed by atoms with Gasteiger partial charge in [-0.05, 0) is 39.0 Å². The molecule has 1 saturated carbocycles. The largest absolute Gasteiger partial charge is 0.365 e. The van der Waals surface area contributed by atoms with Crippen LogP contribution in [-0.2, 0) is 19.0 Å². The number of piperidine rings is 1. The number of carbonyl (C=O) groups excluding carboxylic acids is 1. The minimum Gasteiger partial charge on any atom is -0.365 e. The van der Waals surface area contributed by atoms with E-state index in [-0.39, 0.29) is 12.0 Å². The average molecular weight is 325 g/mol. The van der Waals surface area contributed by atoms with Gasteiger partial charge in [0.2, 0.25) is 0 Å². The Hall–Kier alpha value is -0.650. The van der Waals surface area contributed by atoms with Crippen LogP contribution in [-0.4, -0.2) is 55.1 Å². The highest BCUT2D eigenvalue weighted by Gasteiger charge is 2.42. The lowest BCUT2D eigenvalue weighted by Crippen LogP contribution is -2.49. The Morgan fingerprint density at radius 3 is 2.35 bits per heavy atom. The lowest BCUT2D eigenvalue weighted by Gasteiger charge is -2.40. The van der Waals surface area contributed by atoms with E-state index >= 15 is 0 Å². The molecule has 3 fully saturated rings. The van der Waals surface area contributed by atoms with Crippen molar-refractivity contribution in [2.24, 2.45) is 5.92 Å². The summed E-state index contributed by atoms with van der Waals surface area (Å²) in [4.78, 5) is 14.7. The van der Waals surface area contributed by atoms with E-state index in [1.165, 1.54) is 12.8 Å². The van der Waals surface area contributed by atoms with Gasteiger partial charge >= 0.3 is 0 Å². The van der Waals surface area contributed by atoms with E-state index in [9.17, 15) is 4.79 Å². The maximum Gasteiger partial charge on any atom is 0.251 e. The standard InChI is InChI=1S/C18H31NO4/c1-3-16(23-15-6-4-5-7-15)17(20)19-10-8-14(9-11-19)18(2)21-12-13-22-18/h14-16H,3-13H2,1-2H3/t16-/m1/s1. The van der Waals surface area contributed by atoms with Crippen LogP contribution in [0.5, 0.6) is 0 Å². The Morgan fingerprint density at radius 1 is 1.17 bits per heavy atom. The van der Waals surface area contributed by atoms with Gasteiger partial charge in [0.1, 0.15) is 6.10 Å². The summed E-state index contributed by atoms with van der Waals surface area (Å²) in [6.45, 7) is 7.03. The monoisotopic (exact) mass is 325 g/mol. The van der Waals surface area contributed by atoms with Crippen molar-refractivity contribution in [2.45, 2.75) is 76.8 Å². The second-order valence-corrected chi connectivity index (χ2v) is 7.25. The summed E-state index contributed by atoms with van der Waals surface area (Å²) in [6.07, 6.45) is 7.38. The van der Waals surface area contributed by atoms with Gasteiger partial charge in [0.25, 0.3) is 5.91 Å².